The van der Waals surface area contributed by atoms with Crippen LogP contribution in [0.5, 0.6) is 0 Å². The van der Waals surface area contributed by atoms with E-state index in [1.807, 2.05) is 24.0 Å². The maximum absolute atomic E-state index is 4.56. The second-order valence-corrected chi connectivity index (χ2v) is 8.38. The van der Waals surface area contributed by atoms with E-state index >= 15 is 0 Å². The van der Waals surface area contributed by atoms with E-state index in [2.05, 4.69) is 63.0 Å². The lowest BCUT2D eigenvalue weighted by Gasteiger charge is -2.18. The van der Waals surface area contributed by atoms with E-state index in [-0.39, 0.29) is 4.75 Å². The molecule has 2 aromatic rings. The highest BCUT2D eigenvalue weighted by Crippen LogP contribution is 2.35. The van der Waals surface area contributed by atoms with Gasteiger partial charge < -0.3 is 0 Å². The zero-order valence-electron chi connectivity index (χ0n) is 11.8. The number of aryl methyl sites for hydroxylation is 1. The van der Waals surface area contributed by atoms with Gasteiger partial charge in [-0.05, 0) is 30.7 Å². The first kappa shape index (κ1) is 14.5. The summed E-state index contributed by atoms with van der Waals surface area (Å²) in [6.45, 7) is 8.84. The van der Waals surface area contributed by atoms with E-state index in [0.717, 1.165) is 5.03 Å². The lowest BCUT2D eigenvalue weighted by atomic mass is 10.3. The van der Waals surface area contributed by atoms with Crippen LogP contribution in [0.15, 0.2) is 57.4 Å². The van der Waals surface area contributed by atoms with Crippen molar-refractivity contribution in [1.82, 2.24) is 4.98 Å². The van der Waals surface area contributed by atoms with Crippen molar-refractivity contribution in [3.8, 4) is 0 Å². The molecule has 1 heterocycles. The summed E-state index contributed by atoms with van der Waals surface area (Å²) in [6.07, 6.45) is 2.00. The molecule has 1 aromatic heterocycles. The third kappa shape index (κ3) is 4.59. The van der Waals surface area contributed by atoms with Gasteiger partial charge in [-0.25, -0.2) is 4.98 Å². The van der Waals surface area contributed by atoms with Gasteiger partial charge in [-0.2, -0.15) is 0 Å². The molecule has 1 nitrogen and oxygen atoms in total. The summed E-state index contributed by atoms with van der Waals surface area (Å²) in [5.74, 6) is 0. The van der Waals surface area contributed by atoms with E-state index < -0.39 is 0 Å². The van der Waals surface area contributed by atoms with Crippen LogP contribution in [0.1, 0.15) is 26.3 Å². The molecule has 0 atom stereocenters. The van der Waals surface area contributed by atoms with Crippen LogP contribution in [-0.4, -0.2) is 9.73 Å². The minimum Gasteiger partial charge on any atom is -0.248 e. The number of hydrogen-bond donors (Lipinski definition) is 0. The lowest BCUT2D eigenvalue weighted by molar-refractivity contribution is 0.801. The molecule has 100 valence electrons. The van der Waals surface area contributed by atoms with Gasteiger partial charge in [0.1, 0.15) is 5.03 Å². The Morgan fingerprint density at radius 3 is 2.32 bits per heavy atom. The molecule has 0 spiro atoms. The van der Waals surface area contributed by atoms with Gasteiger partial charge in [0.05, 0.1) is 0 Å². The first-order valence-electron chi connectivity index (χ1n) is 6.33. The van der Waals surface area contributed by atoms with Crippen LogP contribution < -0.4 is 0 Å². The van der Waals surface area contributed by atoms with E-state index in [1.54, 1.807) is 11.8 Å². The molecule has 0 aliphatic heterocycles. The molecule has 2 rings (SSSR count). The predicted octanol–water partition coefficient (Wildman–Crippen LogP) is 5.43. The van der Waals surface area contributed by atoms with Crippen LogP contribution in [0.3, 0.4) is 0 Å². The maximum Gasteiger partial charge on any atom is 0.101 e. The lowest BCUT2D eigenvalue weighted by Crippen LogP contribution is -2.07. The first-order chi connectivity index (χ1) is 8.94. The fourth-order valence-corrected chi connectivity index (χ4v) is 3.48. The summed E-state index contributed by atoms with van der Waals surface area (Å²) in [5.41, 5.74) is 1.30. The van der Waals surface area contributed by atoms with Crippen molar-refractivity contribution < 1.29 is 0 Å². The second-order valence-electron chi connectivity index (χ2n) is 5.42. The molecule has 0 radical (unpaired) electrons. The van der Waals surface area contributed by atoms with Gasteiger partial charge in [0.2, 0.25) is 0 Å². The Balaban J connectivity index is 2.15. The van der Waals surface area contributed by atoms with Crippen LogP contribution in [0.25, 0.3) is 0 Å². The van der Waals surface area contributed by atoms with Crippen molar-refractivity contribution in [1.29, 1.82) is 0 Å². The van der Waals surface area contributed by atoms with Crippen LogP contribution in [0, 0.1) is 6.92 Å². The summed E-state index contributed by atoms with van der Waals surface area (Å²) < 4.78 is 0.223. The average Bonchev–Trinajstić information content (AvgIpc) is 2.33. The van der Waals surface area contributed by atoms with Gasteiger partial charge in [0.15, 0.2) is 0 Å². The number of pyridine rings is 1. The molecule has 0 unspecified atom stereocenters. The Labute approximate surface area is 124 Å². The molecule has 0 aliphatic carbocycles. The number of thioether (sulfide) groups is 1. The van der Waals surface area contributed by atoms with Crippen LogP contribution in [-0.2, 0) is 0 Å². The molecule has 0 N–H and O–H groups in total. The quantitative estimate of drug-likeness (QED) is 0.699. The third-order valence-electron chi connectivity index (χ3n) is 2.42. The maximum atomic E-state index is 4.56. The Bertz CT molecular complexity index is 544. The standard InChI is InChI=1S/C16H19NS2/c1-12-10-15(18-13-8-6-5-7-9-13)17-11-14(12)19-16(2,3)4/h5-11H,1-4H3. The minimum absolute atomic E-state index is 0.223. The smallest absolute Gasteiger partial charge is 0.101 e. The molecule has 0 fully saturated rings. The molecule has 0 amide bonds. The van der Waals surface area contributed by atoms with E-state index in [0.29, 0.717) is 0 Å². The topological polar surface area (TPSA) is 12.9 Å². The monoisotopic (exact) mass is 289 g/mol. The van der Waals surface area contributed by atoms with E-state index in [4.69, 9.17) is 0 Å². The SMILES string of the molecule is Cc1cc(Sc2ccccc2)ncc1SC(C)(C)C. The number of rotatable bonds is 3. The second kappa shape index (κ2) is 6.02. The van der Waals surface area contributed by atoms with Gasteiger partial charge in [-0.3, -0.25) is 0 Å². The molecule has 19 heavy (non-hydrogen) atoms. The molecule has 0 saturated carbocycles. The first-order valence-corrected chi connectivity index (χ1v) is 7.96. The highest BCUT2D eigenvalue weighted by atomic mass is 32.2. The molecule has 0 saturated heterocycles. The summed E-state index contributed by atoms with van der Waals surface area (Å²) in [4.78, 5) is 7.06. The number of benzene rings is 1. The van der Waals surface area contributed by atoms with Gasteiger partial charge >= 0.3 is 0 Å². The Morgan fingerprint density at radius 1 is 1.05 bits per heavy atom. The third-order valence-corrected chi connectivity index (χ3v) is 4.62. The zero-order valence-corrected chi connectivity index (χ0v) is 13.4. The van der Waals surface area contributed by atoms with Crippen molar-refractivity contribution >= 4 is 23.5 Å². The molecule has 0 bridgehead atoms. The van der Waals surface area contributed by atoms with Crippen molar-refractivity contribution in [3.63, 3.8) is 0 Å². The predicted molar refractivity (Wildman–Crippen MR) is 85.1 cm³/mol. The van der Waals surface area contributed by atoms with Crippen LogP contribution >= 0.6 is 23.5 Å². The summed E-state index contributed by atoms with van der Waals surface area (Å²) in [5, 5.41) is 1.06. The summed E-state index contributed by atoms with van der Waals surface area (Å²) in [6, 6.07) is 12.5. The van der Waals surface area contributed by atoms with Gasteiger partial charge in [-0.1, -0.05) is 50.7 Å². The summed E-state index contributed by atoms with van der Waals surface area (Å²) in [7, 11) is 0. The number of hydrogen-bond acceptors (Lipinski definition) is 3. The molecular formula is C16H19NS2. The fraction of sp³-hybridized carbons (Fsp3) is 0.312. The zero-order chi connectivity index (χ0) is 13.9. The summed E-state index contributed by atoms with van der Waals surface area (Å²) >= 11 is 3.58. The van der Waals surface area contributed by atoms with Gasteiger partial charge in [-0.15, -0.1) is 11.8 Å². The number of aromatic nitrogens is 1. The Kier molecular flexibility index (Phi) is 4.58. The van der Waals surface area contributed by atoms with Crippen LogP contribution in [0.4, 0.5) is 0 Å². The highest BCUT2D eigenvalue weighted by Gasteiger charge is 2.14. The van der Waals surface area contributed by atoms with Crippen molar-refractivity contribution in [2.75, 3.05) is 0 Å². The van der Waals surface area contributed by atoms with Gasteiger partial charge in [0, 0.05) is 20.7 Å². The molecule has 1 aromatic carbocycles. The largest absolute Gasteiger partial charge is 0.248 e. The van der Waals surface area contributed by atoms with Crippen molar-refractivity contribution in [3.05, 3.63) is 48.2 Å². The number of nitrogens with zero attached hydrogens (tertiary/aromatic N) is 1. The molecular weight excluding hydrogens is 270 g/mol. The highest BCUT2D eigenvalue weighted by molar-refractivity contribution is 8.00. The Hall–Kier alpha value is -0.930. The normalized spacial score (nSPS) is 11.6. The van der Waals surface area contributed by atoms with Gasteiger partial charge in [0.25, 0.3) is 0 Å². The molecule has 3 heteroatoms. The van der Waals surface area contributed by atoms with Crippen molar-refractivity contribution in [2.45, 2.75) is 47.3 Å². The molecule has 0 aliphatic rings. The van der Waals surface area contributed by atoms with Crippen LogP contribution in [0.2, 0.25) is 0 Å². The minimum atomic E-state index is 0.223. The Morgan fingerprint density at radius 2 is 1.74 bits per heavy atom. The van der Waals surface area contributed by atoms with E-state index in [9.17, 15) is 0 Å². The van der Waals surface area contributed by atoms with Crippen molar-refractivity contribution in [2.24, 2.45) is 0 Å². The average molecular weight is 289 g/mol. The fourth-order valence-electron chi connectivity index (χ4n) is 1.62. The van der Waals surface area contributed by atoms with E-state index in [1.165, 1.54) is 15.4 Å².